The lowest BCUT2D eigenvalue weighted by molar-refractivity contribution is 0.0683. The summed E-state index contributed by atoms with van der Waals surface area (Å²) >= 11 is 0. The minimum atomic E-state index is 0.119. The first-order valence-electron chi connectivity index (χ1n) is 6.94. The molecule has 1 amide bonds. The average molecular weight is 257 g/mol. The Morgan fingerprint density at radius 3 is 2.95 bits per heavy atom. The number of hydrogen-bond donors (Lipinski definition) is 0. The summed E-state index contributed by atoms with van der Waals surface area (Å²) in [5, 5.41) is 0.934. The first kappa shape index (κ1) is 12.3. The summed E-state index contributed by atoms with van der Waals surface area (Å²) in [6, 6.07) is 7.76. The zero-order valence-electron chi connectivity index (χ0n) is 11.5. The molecule has 19 heavy (non-hydrogen) atoms. The molecule has 0 spiro atoms. The zero-order valence-corrected chi connectivity index (χ0v) is 11.5. The highest BCUT2D eigenvalue weighted by atomic mass is 16.3. The molecule has 0 aliphatic carbocycles. The van der Waals surface area contributed by atoms with Crippen LogP contribution in [0.2, 0.25) is 0 Å². The number of fused-ring (bicyclic) bond motifs is 1. The van der Waals surface area contributed by atoms with Gasteiger partial charge in [-0.1, -0.05) is 25.1 Å². The highest BCUT2D eigenvalue weighted by Crippen LogP contribution is 2.28. The van der Waals surface area contributed by atoms with Gasteiger partial charge in [-0.3, -0.25) is 4.79 Å². The topological polar surface area (TPSA) is 33.5 Å². The van der Waals surface area contributed by atoms with E-state index < -0.39 is 0 Å². The van der Waals surface area contributed by atoms with Gasteiger partial charge in [0, 0.05) is 18.5 Å². The number of carbonyl (C=O) groups excluding carboxylic acids is 1. The molecule has 1 aromatic carbocycles. The van der Waals surface area contributed by atoms with E-state index in [1.165, 1.54) is 6.42 Å². The zero-order chi connectivity index (χ0) is 13.4. The van der Waals surface area contributed by atoms with Gasteiger partial charge in [-0.2, -0.15) is 0 Å². The van der Waals surface area contributed by atoms with Crippen LogP contribution in [0.4, 0.5) is 0 Å². The molecule has 1 fully saturated rings. The van der Waals surface area contributed by atoms with Gasteiger partial charge in [-0.15, -0.1) is 0 Å². The highest BCUT2D eigenvalue weighted by Gasteiger charge is 2.26. The van der Waals surface area contributed by atoms with Crippen LogP contribution in [0.1, 0.15) is 35.9 Å². The predicted octanol–water partition coefficient (Wildman–Crippen LogP) is 3.61. The standard InChI is InChI=1S/C16H19NO2/c1-11-6-5-9-17(10-11)16(18)15-12(2)19-14-8-4-3-7-13(14)15/h3-4,7-8,11H,5-6,9-10H2,1-2H3. The number of carbonyl (C=O) groups is 1. The number of hydrogen-bond acceptors (Lipinski definition) is 2. The maximum absolute atomic E-state index is 12.7. The van der Waals surface area contributed by atoms with E-state index in [-0.39, 0.29) is 5.91 Å². The molecule has 1 aliphatic rings. The summed E-state index contributed by atoms with van der Waals surface area (Å²) in [6.07, 6.45) is 2.32. The minimum Gasteiger partial charge on any atom is -0.461 e. The summed E-state index contributed by atoms with van der Waals surface area (Å²) in [6.45, 7) is 5.81. The molecular formula is C16H19NO2. The van der Waals surface area contributed by atoms with Crippen molar-refractivity contribution in [1.82, 2.24) is 4.90 Å². The van der Waals surface area contributed by atoms with Crippen molar-refractivity contribution in [2.45, 2.75) is 26.7 Å². The normalized spacial score (nSPS) is 19.9. The summed E-state index contributed by atoms with van der Waals surface area (Å²) in [5.74, 6) is 1.44. The number of aryl methyl sites for hydroxylation is 1. The maximum atomic E-state index is 12.7. The van der Waals surface area contributed by atoms with Gasteiger partial charge in [0.2, 0.25) is 0 Å². The van der Waals surface area contributed by atoms with E-state index in [2.05, 4.69) is 6.92 Å². The molecule has 0 saturated carbocycles. The largest absolute Gasteiger partial charge is 0.461 e. The van der Waals surface area contributed by atoms with Crippen molar-refractivity contribution in [1.29, 1.82) is 0 Å². The molecule has 2 aromatic rings. The fraction of sp³-hybridized carbons (Fsp3) is 0.438. The average Bonchev–Trinajstić information content (AvgIpc) is 2.74. The SMILES string of the molecule is Cc1oc2ccccc2c1C(=O)N1CCCC(C)C1. The van der Waals surface area contributed by atoms with Crippen LogP contribution in [-0.4, -0.2) is 23.9 Å². The Morgan fingerprint density at radius 2 is 2.16 bits per heavy atom. The van der Waals surface area contributed by atoms with Crippen molar-refractivity contribution in [3.63, 3.8) is 0 Å². The van der Waals surface area contributed by atoms with Crippen LogP contribution in [0.3, 0.4) is 0 Å². The Balaban J connectivity index is 1.99. The second-order valence-corrected chi connectivity index (χ2v) is 5.53. The van der Waals surface area contributed by atoms with Crippen molar-refractivity contribution < 1.29 is 9.21 Å². The van der Waals surface area contributed by atoms with Gasteiger partial charge in [-0.25, -0.2) is 0 Å². The molecule has 100 valence electrons. The number of furan rings is 1. The molecule has 3 heteroatoms. The molecule has 1 atom stereocenters. The van der Waals surface area contributed by atoms with Gasteiger partial charge in [0.15, 0.2) is 0 Å². The second-order valence-electron chi connectivity index (χ2n) is 5.53. The van der Waals surface area contributed by atoms with E-state index in [9.17, 15) is 4.79 Å². The van der Waals surface area contributed by atoms with Crippen LogP contribution in [0.15, 0.2) is 28.7 Å². The van der Waals surface area contributed by atoms with Gasteiger partial charge in [-0.05, 0) is 31.7 Å². The lowest BCUT2D eigenvalue weighted by atomic mass is 9.99. The van der Waals surface area contributed by atoms with Crippen molar-refractivity contribution >= 4 is 16.9 Å². The Labute approximate surface area is 113 Å². The number of para-hydroxylation sites is 1. The third-order valence-corrected chi connectivity index (χ3v) is 3.93. The molecule has 2 heterocycles. The van der Waals surface area contributed by atoms with Crippen LogP contribution >= 0.6 is 0 Å². The molecule has 1 aliphatic heterocycles. The second kappa shape index (κ2) is 4.72. The van der Waals surface area contributed by atoms with E-state index in [0.717, 1.165) is 41.8 Å². The molecule has 0 radical (unpaired) electrons. The number of nitrogens with zero attached hydrogens (tertiary/aromatic N) is 1. The summed E-state index contributed by atoms with van der Waals surface area (Å²) < 4.78 is 5.69. The van der Waals surface area contributed by atoms with E-state index >= 15 is 0 Å². The fourth-order valence-electron chi connectivity index (χ4n) is 2.97. The molecule has 1 saturated heterocycles. The van der Waals surface area contributed by atoms with Crippen LogP contribution < -0.4 is 0 Å². The lowest BCUT2D eigenvalue weighted by Crippen LogP contribution is -2.39. The number of benzene rings is 1. The third kappa shape index (κ3) is 2.14. The van der Waals surface area contributed by atoms with Gasteiger partial charge in [0.25, 0.3) is 5.91 Å². The van der Waals surface area contributed by atoms with E-state index in [1.54, 1.807) is 0 Å². The molecule has 3 nitrogen and oxygen atoms in total. The summed E-state index contributed by atoms with van der Waals surface area (Å²) in [7, 11) is 0. The fourth-order valence-corrected chi connectivity index (χ4v) is 2.97. The molecule has 1 aromatic heterocycles. The van der Waals surface area contributed by atoms with Gasteiger partial charge in [0.05, 0.1) is 5.56 Å². The molecule has 3 rings (SSSR count). The number of rotatable bonds is 1. The van der Waals surface area contributed by atoms with Gasteiger partial charge < -0.3 is 9.32 Å². The van der Waals surface area contributed by atoms with Crippen LogP contribution in [-0.2, 0) is 0 Å². The Hall–Kier alpha value is -1.77. The summed E-state index contributed by atoms with van der Waals surface area (Å²) in [5.41, 5.74) is 1.54. The maximum Gasteiger partial charge on any atom is 0.258 e. The van der Waals surface area contributed by atoms with Crippen molar-refractivity contribution in [2.24, 2.45) is 5.92 Å². The van der Waals surface area contributed by atoms with Crippen molar-refractivity contribution in [3.05, 3.63) is 35.6 Å². The van der Waals surface area contributed by atoms with E-state index in [1.807, 2.05) is 36.1 Å². The minimum absolute atomic E-state index is 0.119. The smallest absolute Gasteiger partial charge is 0.258 e. The Morgan fingerprint density at radius 1 is 1.37 bits per heavy atom. The Kier molecular flexibility index (Phi) is 3.05. The first-order chi connectivity index (χ1) is 9.16. The Bertz CT molecular complexity index is 614. The first-order valence-corrected chi connectivity index (χ1v) is 6.94. The summed E-state index contributed by atoms with van der Waals surface area (Å²) in [4.78, 5) is 14.7. The van der Waals surface area contributed by atoms with Crippen LogP contribution in [0, 0.1) is 12.8 Å². The van der Waals surface area contributed by atoms with E-state index in [4.69, 9.17) is 4.42 Å². The van der Waals surface area contributed by atoms with Crippen LogP contribution in [0.25, 0.3) is 11.0 Å². The third-order valence-electron chi connectivity index (χ3n) is 3.93. The molecule has 1 unspecified atom stereocenters. The number of amides is 1. The lowest BCUT2D eigenvalue weighted by Gasteiger charge is -2.30. The number of likely N-dealkylation sites (tertiary alicyclic amines) is 1. The molecule has 0 N–H and O–H groups in total. The van der Waals surface area contributed by atoms with Gasteiger partial charge in [0.1, 0.15) is 11.3 Å². The highest BCUT2D eigenvalue weighted by molar-refractivity contribution is 6.07. The van der Waals surface area contributed by atoms with Crippen molar-refractivity contribution in [3.8, 4) is 0 Å². The van der Waals surface area contributed by atoms with Crippen molar-refractivity contribution in [2.75, 3.05) is 13.1 Å². The quantitative estimate of drug-likeness (QED) is 0.782. The van der Waals surface area contributed by atoms with Gasteiger partial charge >= 0.3 is 0 Å². The molecule has 0 bridgehead atoms. The number of piperidine rings is 1. The van der Waals surface area contributed by atoms with E-state index in [0.29, 0.717) is 5.92 Å². The monoisotopic (exact) mass is 257 g/mol. The van der Waals surface area contributed by atoms with Crippen LogP contribution in [0.5, 0.6) is 0 Å². The predicted molar refractivity (Wildman–Crippen MR) is 75.3 cm³/mol. The molecular weight excluding hydrogens is 238 g/mol.